The first kappa shape index (κ1) is 17.5. The first-order chi connectivity index (χ1) is 11.6. The molecule has 0 saturated heterocycles. The van der Waals surface area contributed by atoms with Crippen LogP contribution in [-0.4, -0.2) is 30.7 Å². The lowest BCUT2D eigenvalue weighted by molar-refractivity contribution is -0.117. The minimum absolute atomic E-state index is 0.0828. The van der Waals surface area contributed by atoms with Gasteiger partial charge in [0.05, 0.1) is 6.61 Å². The summed E-state index contributed by atoms with van der Waals surface area (Å²) in [6, 6.07) is 13.9. The van der Waals surface area contributed by atoms with Crippen LogP contribution in [-0.2, 0) is 9.53 Å². The molecule has 0 fully saturated rings. The Morgan fingerprint density at radius 2 is 2.04 bits per heavy atom. The minimum Gasteiger partial charge on any atom is -0.383 e. The van der Waals surface area contributed by atoms with E-state index in [-0.39, 0.29) is 11.5 Å². The van der Waals surface area contributed by atoms with E-state index in [2.05, 4.69) is 9.88 Å². The van der Waals surface area contributed by atoms with Gasteiger partial charge in [-0.1, -0.05) is 18.2 Å². The number of methoxy groups -OCH3 is 1. The molecule has 2 aromatic rings. The molecule has 0 aliphatic carbocycles. The van der Waals surface area contributed by atoms with Gasteiger partial charge in [0, 0.05) is 30.7 Å². The predicted molar refractivity (Wildman–Crippen MR) is 93.7 cm³/mol. The molecule has 5 heteroatoms. The Balaban J connectivity index is 2.32. The average molecular weight is 323 g/mol. The molecule has 0 atom stereocenters. The maximum atomic E-state index is 12.1. The van der Waals surface area contributed by atoms with Crippen molar-refractivity contribution in [3.05, 3.63) is 58.9 Å². The van der Waals surface area contributed by atoms with Gasteiger partial charge in [0.15, 0.2) is 0 Å². The van der Waals surface area contributed by atoms with Crippen LogP contribution < -0.4 is 5.32 Å². The van der Waals surface area contributed by atoms with Crippen molar-refractivity contribution in [2.75, 3.05) is 20.3 Å². The number of benzene rings is 1. The van der Waals surface area contributed by atoms with Crippen LogP contribution in [0.4, 0.5) is 0 Å². The van der Waals surface area contributed by atoms with Gasteiger partial charge in [0.2, 0.25) is 0 Å². The van der Waals surface area contributed by atoms with Gasteiger partial charge in [-0.3, -0.25) is 4.79 Å². The number of nitrogens with one attached hydrogen (secondary N) is 1. The number of nitriles is 1. The highest BCUT2D eigenvalue weighted by atomic mass is 16.5. The molecule has 0 aliphatic heterocycles. The lowest BCUT2D eigenvalue weighted by Gasteiger charge is -2.09. The Morgan fingerprint density at radius 1 is 1.33 bits per heavy atom. The predicted octanol–water partition coefficient (Wildman–Crippen LogP) is 2.76. The van der Waals surface area contributed by atoms with E-state index in [1.54, 1.807) is 13.2 Å². The molecule has 2 rings (SSSR count). The number of ether oxygens (including phenoxy) is 1. The fourth-order valence-electron chi connectivity index (χ4n) is 2.57. The standard InChI is InChI=1S/C19H21N3O2/c1-14-11-16(12-17(13-20)19(23)21-9-10-24-3)15(2)22(14)18-7-5-4-6-8-18/h4-8,11-12H,9-10H2,1-3H3,(H,21,23)/b17-12-. The van der Waals surface area contributed by atoms with Crippen molar-refractivity contribution in [2.24, 2.45) is 0 Å². The Hall–Kier alpha value is -2.84. The van der Waals surface area contributed by atoms with Crippen molar-refractivity contribution in [2.45, 2.75) is 13.8 Å². The molecular weight excluding hydrogens is 302 g/mol. The van der Waals surface area contributed by atoms with E-state index in [4.69, 9.17) is 4.74 Å². The van der Waals surface area contributed by atoms with Crippen molar-refractivity contribution >= 4 is 12.0 Å². The quantitative estimate of drug-likeness (QED) is 0.505. The van der Waals surface area contributed by atoms with Gasteiger partial charge in [-0.2, -0.15) is 5.26 Å². The van der Waals surface area contributed by atoms with E-state index in [9.17, 15) is 10.1 Å². The molecule has 0 saturated carbocycles. The molecule has 0 bridgehead atoms. The van der Waals surface area contributed by atoms with E-state index in [1.165, 1.54) is 0 Å². The summed E-state index contributed by atoms with van der Waals surface area (Å²) in [5, 5.41) is 11.9. The Morgan fingerprint density at radius 3 is 2.67 bits per heavy atom. The number of carbonyl (C=O) groups is 1. The number of carbonyl (C=O) groups excluding carboxylic acids is 1. The zero-order valence-electron chi connectivity index (χ0n) is 14.2. The average Bonchev–Trinajstić information content (AvgIpc) is 2.87. The molecule has 1 aromatic heterocycles. The van der Waals surface area contributed by atoms with Gasteiger partial charge in [-0.05, 0) is 43.7 Å². The van der Waals surface area contributed by atoms with Crippen molar-refractivity contribution in [3.63, 3.8) is 0 Å². The zero-order chi connectivity index (χ0) is 17.5. The van der Waals surface area contributed by atoms with Crippen molar-refractivity contribution in [1.29, 1.82) is 5.26 Å². The molecule has 0 spiro atoms. The summed E-state index contributed by atoms with van der Waals surface area (Å²) >= 11 is 0. The van der Waals surface area contributed by atoms with E-state index in [0.29, 0.717) is 13.2 Å². The van der Waals surface area contributed by atoms with Gasteiger partial charge in [-0.15, -0.1) is 0 Å². The topological polar surface area (TPSA) is 67.0 Å². The summed E-state index contributed by atoms with van der Waals surface area (Å²) in [7, 11) is 1.56. The summed E-state index contributed by atoms with van der Waals surface area (Å²) in [6.45, 7) is 4.76. The number of nitrogens with zero attached hydrogens (tertiary/aromatic N) is 2. The Bertz CT molecular complexity index is 783. The lowest BCUT2D eigenvalue weighted by atomic mass is 10.1. The first-order valence-corrected chi connectivity index (χ1v) is 7.71. The number of aryl methyl sites for hydroxylation is 1. The molecule has 0 unspecified atom stereocenters. The number of rotatable bonds is 6. The van der Waals surface area contributed by atoms with Gasteiger partial charge in [-0.25, -0.2) is 0 Å². The second-order valence-electron chi connectivity index (χ2n) is 5.42. The third kappa shape index (κ3) is 3.92. The number of aromatic nitrogens is 1. The van der Waals surface area contributed by atoms with E-state index in [0.717, 1.165) is 22.6 Å². The molecule has 0 aliphatic rings. The summed E-state index contributed by atoms with van der Waals surface area (Å²) < 4.78 is 6.99. The van der Waals surface area contributed by atoms with Crippen LogP contribution in [0.25, 0.3) is 11.8 Å². The fraction of sp³-hybridized carbons (Fsp3) is 0.263. The molecule has 1 heterocycles. The fourth-order valence-corrected chi connectivity index (χ4v) is 2.57. The van der Waals surface area contributed by atoms with Crippen molar-refractivity contribution < 1.29 is 9.53 Å². The van der Waals surface area contributed by atoms with E-state index >= 15 is 0 Å². The number of amides is 1. The highest BCUT2D eigenvalue weighted by molar-refractivity contribution is 6.01. The van der Waals surface area contributed by atoms with Crippen molar-refractivity contribution in [3.8, 4) is 11.8 Å². The summed E-state index contributed by atoms with van der Waals surface area (Å²) in [5.41, 5.74) is 4.02. The lowest BCUT2D eigenvalue weighted by Crippen LogP contribution is -2.27. The number of hydrogen-bond acceptors (Lipinski definition) is 3. The van der Waals surface area contributed by atoms with Crippen LogP contribution >= 0.6 is 0 Å². The number of hydrogen-bond donors (Lipinski definition) is 1. The summed E-state index contributed by atoms with van der Waals surface area (Å²) in [4.78, 5) is 12.1. The van der Waals surface area contributed by atoms with Gasteiger partial charge in [0.1, 0.15) is 11.6 Å². The highest BCUT2D eigenvalue weighted by Crippen LogP contribution is 2.22. The van der Waals surface area contributed by atoms with Crippen molar-refractivity contribution in [1.82, 2.24) is 9.88 Å². The largest absolute Gasteiger partial charge is 0.383 e. The maximum Gasteiger partial charge on any atom is 0.262 e. The molecule has 5 nitrogen and oxygen atoms in total. The Labute approximate surface area is 142 Å². The third-order valence-electron chi connectivity index (χ3n) is 3.74. The Kier molecular flexibility index (Phi) is 5.94. The normalized spacial score (nSPS) is 11.2. The second-order valence-corrected chi connectivity index (χ2v) is 5.42. The summed E-state index contributed by atoms with van der Waals surface area (Å²) in [6.07, 6.45) is 1.63. The minimum atomic E-state index is -0.390. The van der Waals surface area contributed by atoms with Crippen LogP contribution in [0.1, 0.15) is 17.0 Å². The highest BCUT2D eigenvalue weighted by Gasteiger charge is 2.13. The molecule has 0 radical (unpaired) electrons. The first-order valence-electron chi connectivity index (χ1n) is 7.71. The molecule has 124 valence electrons. The second kappa shape index (κ2) is 8.14. The van der Waals surface area contributed by atoms with Gasteiger partial charge in [0.25, 0.3) is 5.91 Å². The molecule has 1 amide bonds. The van der Waals surface area contributed by atoms with Gasteiger partial charge < -0.3 is 14.6 Å². The van der Waals surface area contributed by atoms with Crippen LogP contribution in [0.3, 0.4) is 0 Å². The molecule has 24 heavy (non-hydrogen) atoms. The molecular formula is C19H21N3O2. The maximum absolute atomic E-state index is 12.1. The third-order valence-corrected chi connectivity index (χ3v) is 3.74. The zero-order valence-corrected chi connectivity index (χ0v) is 14.2. The van der Waals surface area contributed by atoms with Crippen LogP contribution in [0, 0.1) is 25.2 Å². The van der Waals surface area contributed by atoms with E-state index < -0.39 is 0 Å². The smallest absolute Gasteiger partial charge is 0.262 e. The van der Waals surface area contributed by atoms with Crippen LogP contribution in [0.2, 0.25) is 0 Å². The van der Waals surface area contributed by atoms with Crippen LogP contribution in [0.5, 0.6) is 0 Å². The SMILES string of the molecule is COCCNC(=O)/C(C#N)=C\c1cc(C)n(-c2ccccc2)c1C. The summed E-state index contributed by atoms with van der Waals surface area (Å²) in [5.74, 6) is -0.390. The molecule has 1 aromatic carbocycles. The molecule has 1 N–H and O–H groups in total. The van der Waals surface area contributed by atoms with Gasteiger partial charge >= 0.3 is 0 Å². The van der Waals surface area contributed by atoms with E-state index in [1.807, 2.05) is 56.3 Å². The monoisotopic (exact) mass is 323 g/mol. The number of para-hydroxylation sites is 1. The van der Waals surface area contributed by atoms with Crippen LogP contribution in [0.15, 0.2) is 42.0 Å².